The fourth-order valence-corrected chi connectivity index (χ4v) is 6.09. The summed E-state index contributed by atoms with van der Waals surface area (Å²) in [5.41, 5.74) is -1.03. The molecule has 2 bridgehead atoms. The number of carbonyl (C=O) groups excluding carboxylic acids is 2. The number of esters is 2. The molecule has 0 aromatic rings. The highest BCUT2D eigenvalue weighted by Gasteiger charge is 2.71. The summed E-state index contributed by atoms with van der Waals surface area (Å²) in [5.74, 6) is -3.21. The molecule has 7 atom stereocenters. The third-order valence-corrected chi connectivity index (χ3v) is 7.79. The average molecular weight is 456 g/mol. The van der Waals surface area contributed by atoms with Crippen molar-refractivity contribution in [3.63, 3.8) is 0 Å². The summed E-state index contributed by atoms with van der Waals surface area (Å²) in [7, 11) is -6.01. The first-order chi connectivity index (χ1) is 13.9. The Bertz CT molecular complexity index is 839. The third-order valence-electron chi connectivity index (χ3n) is 6.90. The molecule has 0 aromatic carbocycles. The van der Waals surface area contributed by atoms with E-state index in [0.717, 1.165) is 12.8 Å². The predicted octanol–water partition coefficient (Wildman–Crippen LogP) is -0.174. The zero-order chi connectivity index (χ0) is 22.1. The SMILES string of the molecule is O=C(COC1C2CC3C1OC(=O)C3C2C1(O)CCCC1)OC(O)C(F)(F)S(=O)(=O)O. The van der Waals surface area contributed by atoms with Gasteiger partial charge < -0.3 is 24.4 Å². The largest absolute Gasteiger partial charge is 0.459 e. The average Bonchev–Trinajstić information content (AvgIpc) is 3.35. The van der Waals surface area contributed by atoms with Crippen molar-refractivity contribution in [1.29, 1.82) is 0 Å². The van der Waals surface area contributed by atoms with E-state index in [-0.39, 0.29) is 11.8 Å². The summed E-state index contributed by atoms with van der Waals surface area (Å²) in [6.07, 6.45) is -1.53. The number of rotatable bonds is 7. The van der Waals surface area contributed by atoms with Crippen LogP contribution in [0.5, 0.6) is 0 Å². The van der Waals surface area contributed by atoms with Crippen molar-refractivity contribution in [3.05, 3.63) is 0 Å². The molecule has 7 unspecified atom stereocenters. The zero-order valence-electron chi connectivity index (χ0n) is 15.6. The van der Waals surface area contributed by atoms with E-state index in [9.17, 15) is 31.9 Å². The number of aliphatic hydroxyl groups excluding tert-OH is 1. The van der Waals surface area contributed by atoms with Crippen LogP contribution in [0.1, 0.15) is 32.1 Å². The number of aliphatic hydroxyl groups is 2. The van der Waals surface area contributed by atoms with Crippen LogP contribution in [0.4, 0.5) is 8.78 Å². The molecular weight excluding hydrogens is 434 g/mol. The zero-order valence-corrected chi connectivity index (χ0v) is 16.5. The van der Waals surface area contributed by atoms with Crippen LogP contribution in [0.25, 0.3) is 0 Å². The van der Waals surface area contributed by atoms with Gasteiger partial charge in [-0.15, -0.1) is 0 Å². The first-order valence-electron chi connectivity index (χ1n) is 9.64. The van der Waals surface area contributed by atoms with Gasteiger partial charge in [-0.3, -0.25) is 9.35 Å². The van der Waals surface area contributed by atoms with Crippen LogP contribution >= 0.6 is 0 Å². The van der Waals surface area contributed by atoms with Crippen molar-refractivity contribution in [3.8, 4) is 0 Å². The van der Waals surface area contributed by atoms with Gasteiger partial charge in [-0.25, -0.2) is 4.79 Å². The van der Waals surface area contributed by atoms with Crippen LogP contribution in [-0.4, -0.2) is 71.1 Å². The Balaban J connectivity index is 1.42. The Morgan fingerprint density at radius 3 is 2.53 bits per heavy atom. The molecule has 1 aliphatic heterocycles. The van der Waals surface area contributed by atoms with Crippen molar-refractivity contribution in [2.24, 2.45) is 23.7 Å². The molecular formula is C17H22F2O10S. The van der Waals surface area contributed by atoms with E-state index < -0.39 is 69.9 Å². The molecule has 3 saturated carbocycles. The number of fused-ring (bicyclic) bond motifs is 1. The maximum absolute atomic E-state index is 13.3. The molecule has 4 aliphatic rings. The molecule has 170 valence electrons. The van der Waals surface area contributed by atoms with Gasteiger partial charge in [-0.2, -0.15) is 17.2 Å². The van der Waals surface area contributed by atoms with Crippen LogP contribution < -0.4 is 0 Å². The van der Waals surface area contributed by atoms with Crippen LogP contribution in [0.3, 0.4) is 0 Å². The number of hydrogen-bond donors (Lipinski definition) is 3. The maximum Gasteiger partial charge on any atom is 0.430 e. The van der Waals surface area contributed by atoms with Crippen molar-refractivity contribution in [2.75, 3.05) is 6.61 Å². The molecule has 0 spiro atoms. The van der Waals surface area contributed by atoms with E-state index >= 15 is 0 Å². The number of alkyl halides is 2. The van der Waals surface area contributed by atoms with Gasteiger partial charge in [0.15, 0.2) is 0 Å². The minimum Gasteiger partial charge on any atom is -0.459 e. The molecule has 3 N–H and O–H groups in total. The summed E-state index contributed by atoms with van der Waals surface area (Å²) in [5, 5.41) is 15.1. The molecule has 30 heavy (non-hydrogen) atoms. The molecule has 0 aromatic heterocycles. The lowest BCUT2D eigenvalue weighted by atomic mass is 9.68. The number of carbonyl (C=O) groups is 2. The smallest absolute Gasteiger partial charge is 0.430 e. The van der Waals surface area contributed by atoms with Crippen LogP contribution in [-0.2, 0) is 33.9 Å². The second-order valence-electron chi connectivity index (χ2n) is 8.48. The molecule has 1 saturated heterocycles. The molecule has 4 fully saturated rings. The summed E-state index contributed by atoms with van der Waals surface area (Å²) >= 11 is 0. The highest BCUT2D eigenvalue weighted by molar-refractivity contribution is 7.86. The lowest BCUT2D eigenvalue weighted by Crippen LogP contribution is -2.50. The van der Waals surface area contributed by atoms with Crippen molar-refractivity contribution >= 4 is 22.1 Å². The summed E-state index contributed by atoms with van der Waals surface area (Å²) in [6.45, 7) is -0.920. The predicted molar refractivity (Wildman–Crippen MR) is 90.2 cm³/mol. The summed E-state index contributed by atoms with van der Waals surface area (Å²) in [4.78, 5) is 24.1. The second kappa shape index (κ2) is 7.05. The van der Waals surface area contributed by atoms with Crippen LogP contribution in [0.15, 0.2) is 0 Å². The first-order valence-corrected chi connectivity index (χ1v) is 11.1. The standard InChI is InChI=1S/C17H22F2O10S/c18-17(19,30(24,25)26)15(22)28-9(20)6-27-12-8-5-7-10(14(21)29-13(7)12)11(8)16(23)3-1-2-4-16/h7-8,10-13,15,22-23H,1-6H2,(H,24,25,26). The molecule has 0 radical (unpaired) electrons. The lowest BCUT2D eigenvalue weighted by Gasteiger charge is -2.40. The number of ether oxygens (including phenoxy) is 3. The van der Waals surface area contributed by atoms with Gasteiger partial charge in [0.25, 0.3) is 6.29 Å². The Morgan fingerprint density at radius 2 is 1.93 bits per heavy atom. The fraction of sp³-hybridized carbons (Fsp3) is 0.882. The van der Waals surface area contributed by atoms with Crippen LogP contribution in [0.2, 0.25) is 0 Å². The van der Waals surface area contributed by atoms with Gasteiger partial charge in [0.05, 0.1) is 17.6 Å². The molecule has 3 aliphatic carbocycles. The van der Waals surface area contributed by atoms with Gasteiger partial charge in [-0.1, -0.05) is 12.8 Å². The van der Waals surface area contributed by atoms with E-state index in [4.69, 9.17) is 19.1 Å². The summed E-state index contributed by atoms with van der Waals surface area (Å²) < 4.78 is 71.0. The molecule has 0 amide bonds. The van der Waals surface area contributed by atoms with E-state index in [0.29, 0.717) is 19.3 Å². The van der Waals surface area contributed by atoms with Gasteiger partial charge in [0, 0.05) is 11.8 Å². The first kappa shape index (κ1) is 21.8. The van der Waals surface area contributed by atoms with E-state index in [1.165, 1.54) is 0 Å². The van der Waals surface area contributed by atoms with Crippen molar-refractivity contribution in [1.82, 2.24) is 0 Å². The Hall–Kier alpha value is -1.41. The second-order valence-corrected chi connectivity index (χ2v) is 9.98. The summed E-state index contributed by atoms with van der Waals surface area (Å²) in [6, 6.07) is 0. The van der Waals surface area contributed by atoms with Gasteiger partial charge in [0.1, 0.15) is 12.7 Å². The quantitative estimate of drug-likeness (QED) is 0.267. The third kappa shape index (κ3) is 3.22. The number of hydrogen-bond acceptors (Lipinski definition) is 9. The van der Waals surface area contributed by atoms with Gasteiger partial charge in [-0.05, 0) is 25.2 Å². The highest BCUT2D eigenvalue weighted by Crippen LogP contribution is 2.63. The monoisotopic (exact) mass is 456 g/mol. The minimum atomic E-state index is -6.01. The van der Waals surface area contributed by atoms with E-state index in [1.807, 2.05) is 0 Å². The van der Waals surface area contributed by atoms with Crippen molar-refractivity contribution in [2.45, 2.75) is 61.5 Å². The fourth-order valence-electron chi connectivity index (χ4n) is 5.78. The van der Waals surface area contributed by atoms with E-state index in [2.05, 4.69) is 4.74 Å². The van der Waals surface area contributed by atoms with Crippen molar-refractivity contribution < 1.29 is 55.8 Å². The normalized spacial score (nSPS) is 38.0. The van der Waals surface area contributed by atoms with Gasteiger partial charge in [0.2, 0.25) is 0 Å². The molecule has 1 heterocycles. The molecule has 10 nitrogen and oxygen atoms in total. The maximum atomic E-state index is 13.3. The van der Waals surface area contributed by atoms with Crippen LogP contribution in [0, 0.1) is 23.7 Å². The Labute approximate surface area is 170 Å². The highest BCUT2D eigenvalue weighted by atomic mass is 32.2. The Kier molecular flexibility index (Phi) is 5.13. The number of halogens is 2. The van der Waals surface area contributed by atoms with Gasteiger partial charge >= 0.3 is 27.3 Å². The lowest BCUT2D eigenvalue weighted by molar-refractivity contribution is -0.211. The Morgan fingerprint density at radius 1 is 1.30 bits per heavy atom. The van der Waals surface area contributed by atoms with E-state index in [1.54, 1.807) is 0 Å². The molecule has 4 rings (SSSR count). The minimum absolute atomic E-state index is 0.174. The molecule has 13 heteroatoms. The topological polar surface area (TPSA) is 157 Å².